The minimum Gasteiger partial charge on any atom is -0.456 e. The molecule has 1 aliphatic heterocycles. The first kappa shape index (κ1) is 21.7. The molecule has 0 saturated heterocycles. The van der Waals surface area contributed by atoms with Crippen LogP contribution in [0, 0.1) is 13.8 Å². The summed E-state index contributed by atoms with van der Waals surface area (Å²) in [5.74, 6) is 1.70. The Morgan fingerprint density at radius 1 is 0.647 bits per heavy atom. The normalized spacial score (nSPS) is 15.8. The highest BCUT2D eigenvalue weighted by Crippen LogP contribution is 2.41. The van der Waals surface area contributed by atoms with Crippen LogP contribution in [0.3, 0.4) is 0 Å². The van der Waals surface area contributed by atoms with Crippen LogP contribution in [0.15, 0.2) is 126 Å². The molecule has 4 aromatic carbocycles. The summed E-state index contributed by atoms with van der Waals surface area (Å²) in [4.78, 5) is 4.85. The van der Waals surface area contributed by atoms with Gasteiger partial charge in [0.25, 0.3) is 0 Å². The monoisotopic (exact) mass is 441 g/mol. The fourth-order valence-corrected chi connectivity index (χ4v) is 4.12. The number of aryl methyl sites for hydroxylation is 2. The lowest BCUT2D eigenvalue weighted by Gasteiger charge is -2.27. The Kier molecular flexibility index (Phi) is 6.22. The molecule has 0 aliphatic carbocycles. The largest absolute Gasteiger partial charge is 0.456 e. The summed E-state index contributed by atoms with van der Waals surface area (Å²) < 4.78 is 6.60. The highest BCUT2D eigenvalue weighted by Gasteiger charge is 2.27. The minimum atomic E-state index is 0.00830. The van der Waals surface area contributed by atoms with Crippen molar-refractivity contribution >= 4 is 23.4 Å². The molecule has 0 amide bonds. The number of ether oxygens (including phenoxy) is 1. The number of allylic oxidation sites excluding steroid dienone is 2. The number of hydrogen-bond acceptors (Lipinski definition) is 2. The van der Waals surface area contributed by atoms with Crippen LogP contribution in [0.25, 0.3) is 11.5 Å². The predicted octanol–water partition coefficient (Wildman–Crippen LogP) is 8.27. The summed E-state index contributed by atoms with van der Waals surface area (Å²) in [5, 5.41) is 0. The van der Waals surface area contributed by atoms with Gasteiger partial charge in [0.05, 0.1) is 5.69 Å². The molecule has 4 aromatic rings. The van der Waals surface area contributed by atoms with Crippen LogP contribution in [0.5, 0.6) is 0 Å². The lowest BCUT2D eigenvalue weighted by molar-refractivity contribution is 0.456. The zero-order chi connectivity index (χ0) is 23.3. The standard InChI is InChI=1S/C32H27NO/c1-23-13-17-25(18-14-23)29-21-31(26-9-5-3-6-10-26)34-32(27-11-7-4-8-12-27)30(29)22-33-28-19-15-24(2)16-20-28/h3-22,29H,1-2H3/t29-/m1/s1. The number of aliphatic imine (C=N–C) groups is 1. The highest BCUT2D eigenvalue weighted by molar-refractivity contribution is 5.95. The third-order valence-electron chi connectivity index (χ3n) is 6.04. The van der Waals surface area contributed by atoms with Gasteiger partial charge in [-0.2, -0.15) is 0 Å². The second-order valence-corrected chi connectivity index (χ2v) is 8.63. The van der Waals surface area contributed by atoms with Crippen molar-refractivity contribution in [3.63, 3.8) is 0 Å². The van der Waals surface area contributed by atoms with Crippen molar-refractivity contribution in [1.29, 1.82) is 0 Å². The Hall–Kier alpha value is -4.17. The predicted molar refractivity (Wildman–Crippen MR) is 142 cm³/mol. The molecular weight excluding hydrogens is 414 g/mol. The summed E-state index contributed by atoms with van der Waals surface area (Å²) in [5.41, 5.74) is 7.72. The molecule has 2 heteroatoms. The molecule has 5 rings (SSSR count). The topological polar surface area (TPSA) is 21.6 Å². The SMILES string of the molecule is Cc1ccc(N=CC2=C(c3ccccc3)OC(c3ccccc3)=C[C@@H]2c2ccc(C)cc2)cc1. The van der Waals surface area contributed by atoms with Crippen molar-refractivity contribution in [2.24, 2.45) is 4.99 Å². The van der Waals surface area contributed by atoms with Gasteiger partial charge in [0.15, 0.2) is 0 Å². The molecule has 0 unspecified atom stereocenters. The second kappa shape index (κ2) is 9.76. The first-order valence-electron chi connectivity index (χ1n) is 11.6. The Morgan fingerprint density at radius 3 is 1.82 bits per heavy atom. The molecular formula is C32H27NO. The summed E-state index contributed by atoms with van der Waals surface area (Å²) in [6.45, 7) is 4.20. The molecule has 0 saturated carbocycles. The molecule has 0 spiro atoms. The van der Waals surface area contributed by atoms with E-state index in [1.165, 1.54) is 16.7 Å². The van der Waals surface area contributed by atoms with E-state index in [0.29, 0.717) is 0 Å². The Balaban J connectivity index is 1.67. The van der Waals surface area contributed by atoms with Crippen LogP contribution in [-0.4, -0.2) is 6.21 Å². The average molecular weight is 442 g/mol. The number of nitrogens with zero attached hydrogens (tertiary/aromatic N) is 1. The van der Waals surface area contributed by atoms with Crippen molar-refractivity contribution in [3.8, 4) is 0 Å². The first-order valence-corrected chi connectivity index (χ1v) is 11.6. The van der Waals surface area contributed by atoms with E-state index in [1.54, 1.807) is 0 Å². The molecule has 0 N–H and O–H groups in total. The van der Waals surface area contributed by atoms with Gasteiger partial charge >= 0.3 is 0 Å². The second-order valence-electron chi connectivity index (χ2n) is 8.63. The van der Waals surface area contributed by atoms with Crippen molar-refractivity contribution < 1.29 is 4.74 Å². The first-order chi connectivity index (χ1) is 16.7. The zero-order valence-electron chi connectivity index (χ0n) is 19.5. The number of hydrogen-bond donors (Lipinski definition) is 0. The summed E-state index contributed by atoms with van der Waals surface area (Å²) in [6.07, 6.45) is 4.18. The Morgan fingerprint density at radius 2 is 1.21 bits per heavy atom. The smallest absolute Gasteiger partial charge is 0.140 e. The van der Waals surface area contributed by atoms with E-state index in [-0.39, 0.29) is 5.92 Å². The number of benzene rings is 4. The van der Waals surface area contributed by atoms with Gasteiger partial charge in [0, 0.05) is 28.8 Å². The molecule has 34 heavy (non-hydrogen) atoms. The average Bonchev–Trinajstić information content (AvgIpc) is 2.89. The van der Waals surface area contributed by atoms with Crippen LogP contribution in [0.2, 0.25) is 0 Å². The van der Waals surface area contributed by atoms with Crippen molar-refractivity contribution in [2.75, 3.05) is 0 Å². The number of rotatable bonds is 5. The Bertz CT molecular complexity index is 1350. The van der Waals surface area contributed by atoms with Gasteiger partial charge in [-0.1, -0.05) is 108 Å². The van der Waals surface area contributed by atoms with Crippen LogP contribution >= 0.6 is 0 Å². The van der Waals surface area contributed by atoms with E-state index in [9.17, 15) is 0 Å². The van der Waals surface area contributed by atoms with Crippen LogP contribution in [0.4, 0.5) is 5.69 Å². The van der Waals surface area contributed by atoms with E-state index in [2.05, 4.69) is 80.6 Å². The molecule has 2 nitrogen and oxygen atoms in total. The molecule has 166 valence electrons. The Labute approximate surface area is 201 Å². The molecule has 0 aromatic heterocycles. The van der Waals surface area contributed by atoms with E-state index >= 15 is 0 Å². The summed E-state index contributed by atoms with van der Waals surface area (Å²) in [6, 6.07) is 37.6. The van der Waals surface area contributed by atoms with Crippen molar-refractivity contribution in [3.05, 3.63) is 149 Å². The van der Waals surface area contributed by atoms with Crippen molar-refractivity contribution in [1.82, 2.24) is 0 Å². The van der Waals surface area contributed by atoms with Gasteiger partial charge < -0.3 is 4.74 Å². The van der Waals surface area contributed by atoms with Gasteiger partial charge in [-0.05, 0) is 37.6 Å². The van der Waals surface area contributed by atoms with Crippen LogP contribution < -0.4 is 0 Å². The molecule has 1 atom stereocenters. The summed E-state index contributed by atoms with van der Waals surface area (Å²) in [7, 11) is 0. The van der Waals surface area contributed by atoms with Gasteiger partial charge in [-0.3, -0.25) is 4.99 Å². The lowest BCUT2D eigenvalue weighted by Crippen LogP contribution is -2.12. The summed E-state index contributed by atoms with van der Waals surface area (Å²) >= 11 is 0. The van der Waals surface area contributed by atoms with Gasteiger partial charge in [0.2, 0.25) is 0 Å². The maximum absolute atomic E-state index is 6.60. The van der Waals surface area contributed by atoms with Gasteiger partial charge in [-0.25, -0.2) is 0 Å². The van der Waals surface area contributed by atoms with Crippen molar-refractivity contribution in [2.45, 2.75) is 19.8 Å². The fraction of sp³-hybridized carbons (Fsp3) is 0.0938. The molecule has 1 aliphatic rings. The third-order valence-corrected chi connectivity index (χ3v) is 6.04. The van der Waals surface area contributed by atoms with Crippen LogP contribution in [-0.2, 0) is 4.74 Å². The van der Waals surface area contributed by atoms with Crippen LogP contribution in [0.1, 0.15) is 33.7 Å². The minimum absolute atomic E-state index is 0.00830. The fourth-order valence-electron chi connectivity index (χ4n) is 4.12. The lowest BCUT2D eigenvalue weighted by atomic mass is 9.86. The maximum atomic E-state index is 6.60. The molecule has 0 bridgehead atoms. The third kappa shape index (κ3) is 4.77. The highest BCUT2D eigenvalue weighted by atomic mass is 16.5. The van der Waals surface area contributed by atoms with E-state index < -0.39 is 0 Å². The van der Waals surface area contributed by atoms with Gasteiger partial charge in [0.1, 0.15) is 11.5 Å². The van der Waals surface area contributed by atoms with E-state index in [4.69, 9.17) is 9.73 Å². The van der Waals surface area contributed by atoms with Gasteiger partial charge in [-0.15, -0.1) is 0 Å². The van der Waals surface area contributed by atoms with E-state index in [0.717, 1.165) is 33.9 Å². The molecule has 1 heterocycles. The molecule has 0 fully saturated rings. The quantitative estimate of drug-likeness (QED) is 0.286. The molecule has 0 radical (unpaired) electrons. The zero-order valence-corrected chi connectivity index (χ0v) is 19.5. The maximum Gasteiger partial charge on any atom is 0.140 e. The van der Waals surface area contributed by atoms with E-state index in [1.807, 2.05) is 54.7 Å².